The van der Waals surface area contributed by atoms with Gasteiger partial charge in [0.2, 0.25) is 0 Å². The highest BCUT2D eigenvalue weighted by atomic mass is 35.5. The van der Waals surface area contributed by atoms with Crippen LogP contribution < -0.4 is 28.3 Å². The van der Waals surface area contributed by atoms with Crippen LogP contribution in [-0.2, 0) is 13.6 Å². The third-order valence-electron chi connectivity index (χ3n) is 4.88. The normalized spacial score (nSPS) is 11.5. The summed E-state index contributed by atoms with van der Waals surface area (Å²) in [5.41, 5.74) is 0. The van der Waals surface area contributed by atoms with Gasteiger partial charge < -0.3 is 21.5 Å². The molecular weight excluding hydrogens is 422 g/mol. The number of rotatable bonds is 8. The van der Waals surface area contributed by atoms with E-state index in [1.54, 1.807) is 0 Å². The van der Waals surface area contributed by atoms with Crippen LogP contribution in [0.2, 0.25) is 0 Å². The van der Waals surface area contributed by atoms with Gasteiger partial charge in [0.1, 0.15) is 29.3 Å². The van der Waals surface area contributed by atoms with Crippen LogP contribution >= 0.6 is 14.9 Å². The van der Waals surface area contributed by atoms with Crippen molar-refractivity contribution in [3.63, 3.8) is 0 Å². The van der Waals surface area contributed by atoms with Crippen molar-refractivity contribution in [2.75, 3.05) is 20.4 Å². The van der Waals surface area contributed by atoms with E-state index in [0.29, 0.717) is 11.5 Å². The molecule has 0 heterocycles. The number of benzene rings is 3. The fourth-order valence-electron chi connectivity index (χ4n) is 3.46. The lowest BCUT2D eigenvalue weighted by Gasteiger charge is -2.29. The van der Waals surface area contributed by atoms with Gasteiger partial charge in [-0.2, -0.15) is 0 Å². The zero-order chi connectivity index (χ0) is 20.0. The van der Waals surface area contributed by atoms with Gasteiger partial charge in [-0.05, 0) is 36.4 Å². The van der Waals surface area contributed by atoms with E-state index in [9.17, 15) is 4.57 Å². The van der Waals surface area contributed by atoms with E-state index < -0.39 is 14.9 Å². The summed E-state index contributed by atoms with van der Waals surface area (Å²) in [7, 11) is -2.75. The summed E-state index contributed by atoms with van der Waals surface area (Å²) in [6.07, 6.45) is 0.504. The van der Waals surface area contributed by atoms with Crippen molar-refractivity contribution >= 4 is 30.8 Å². The van der Waals surface area contributed by atoms with Crippen LogP contribution in [0.15, 0.2) is 103 Å². The Morgan fingerprint density at radius 2 is 1.07 bits per heavy atom. The molecule has 0 aromatic heterocycles. The summed E-state index contributed by atoms with van der Waals surface area (Å²) >= 11 is 0. The first kappa shape index (κ1) is 23.5. The molecule has 0 radical (unpaired) electrons. The van der Waals surface area contributed by atoms with Gasteiger partial charge >= 0.3 is 7.60 Å². The smallest absolute Gasteiger partial charge is 0.359 e. The first-order chi connectivity index (χ1) is 13.6. The highest BCUT2D eigenvalue weighted by Crippen LogP contribution is 2.64. The van der Waals surface area contributed by atoms with Crippen molar-refractivity contribution in [1.82, 2.24) is 0 Å². The van der Waals surface area contributed by atoms with Crippen molar-refractivity contribution in [3.8, 4) is 0 Å². The van der Waals surface area contributed by atoms with Crippen LogP contribution in [0.25, 0.3) is 0 Å². The first-order valence-corrected chi connectivity index (χ1v) is 12.5. The Balaban J connectivity index is 0.00000300. The first-order valence-electron chi connectivity index (χ1n) is 9.01. The molecular formula is C23H25ClO3P2. The molecule has 0 aliphatic heterocycles. The molecule has 152 valence electrons. The van der Waals surface area contributed by atoms with Crippen LogP contribution in [0.4, 0.5) is 0 Å². The molecule has 3 aromatic carbocycles. The summed E-state index contributed by atoms with van der Waals surface area (Å²) in [5, 5.41) is 4.09. The molecule has 0 unspecified atom stereocenters. The highest BCUT2D eigenvalue weighted by molar-refractivity contribution is 7.96. The van der Waals surface area contributed by atoms with Crippen LogP contribution in [-0.4, -0.2) is 20.4 Å². The van der Waals surface area contributed by atoms with E-state index in [2.05, 4.69) is 43.0 Å². The fourth-order valence-corrected chi connectivity index (χ4v) is 9.49. The molecule has 0 saturated heterocycles. The molecule has 0 aliphatic carbocycles. The van der Waals surface area contributed by atoms with Gasteiger partial charge in [0.25, 0.3) is 0 Å². The van der Waals surface area contributed by atoms with Gasteiger partial charge in [-0.3, -0.25) is 4.57 Å². The maximum absolute atomic E-state index is 13.1. The zero-order valence-electron chi connectivity index (χ0n) is 16.6. The Bertz CT molecular complexity index is 859. The Labute approximate surface area is 180 Å². The largest absolute Gasteiger partial charge is 1.00 e. The lowest BCUT2D eigenvalue weighted by atomic mass is 10.4. The van der Waals surface area contributed by atoms with Gasteiger partial charge in [-0.1, -0.05) is 61.2 Å². The molecule has 0 spiro atoms. The molecule has 0 bridgehead atoms. The second-order valence-corrected chi connectivity index (χ2v) is 12.2. The fraction of sp³-hybridized carbons (Fsp3) is 0.130. The summed E-state index contributed by atoms with van der Waals surface area (Å²) in [6.45, 7) is 4.14. The van der Waals surface area contributed by atoms with Gasteiger partial charge in [0, 0.05) is 14.2 Å². The average Bonchev–Trinajstić information content (AvgIpc) is 2.78. The maximum Gasteiger partial charge on any atom is 0.359 e. The summed E-state index contributed by atoms with van der Waals surface area (Å²) in [4.78, 5) is 0. The third kappa shape index (κ3) is 4.72. The molecule has 3 rings (SSSR count). The number of allylic oxidation sites excluding steroid dienone is 1. The van der Waals surface area contributed by atoms with E-state index >= 15 is 0 Å². The van der Waals surface area contributed by atoms with Gasteiger partial charge in [-0.25, -0.2) is 0 Å². The van der Waals surface area contributed by atoms with Gasteiger partial charge in [0.05, 0.1) is 5.31 Å². The monoisotopic (exact) mass is 446 g/mol. The second kappa shape index (κ2) is 10.3. The molecule has 0 fully saturated rings. The molecule has 0 aliphatic rings. The van der Waals surface area contributed by atoms with E-state index in [-0.39, 0.29) is 12.4 Å². The molecule has 6 heteroatoms. The minimum Gasteiger partial charge on any atom is -1.00 e. The highest BCUT2D eigenvalue weighted by Gasteiger charge is 2.48. The molecule has 0 atom stereocenters. The van der Waals surface area contributed by atoms with E-state index in [1.807, 2.05) is 54.6 Å². The predicted molar refractivity (Wildman–Crippen MR) is 121 cm³/mol. The Morgan fingerprint density at radius 3 is 1.34 bits per heavy atom. The van der Waals surface area contributed by atoms with Crippen LogP contribution in [0.3, 0.4) is 0 Å². The number of halogens is 1. The topological polar surface area (TPSA) is 35.5 Å². The number of hydrogen-bond donors (Lipinski definition) is 0. The number of hydrogen-bond acceptors (Lipinski definition) is 3. The van der Waals surface area contributed by atoms with E-state index in [0.717, 1.165) is 0 Å². The third-order valence-corrected chi connectivity index (χ3v) is 11.4. The second-order valence-electron chi connectivity index (χ2n) is 6.40. The van der Waals surface area contributed by atoms with Gasteiger partial charge in [-0.15, -0.1) is 0 Å². The minimum atomic E-state index is -3.40. The summed E-state index contributed by atoms with van der Waals surface area (Å²) < 4.78 is 23.6. The SMILES string of the molecule is C=C(C[P+](c1ccccc1)(c1ccccc1)c1ccccc1)P(=O)(OC)OC.[Cl-]. The van der Waals surface area contributed by atoms with E-state index in [4.69, 9.17) is 9.05 Å². The molecule has 0 saturated carbocycles. The standard InChI is InChI=1S/C23H25O3P2.ClH/c1-20(28(24,25-2)26-3)19-27(21-13-7-4-8-14-21,22-15-9-5-10-16-22)23-17-11-6-12-18-23;/h4-18H,1,19H2,2-3H3;1H/q+1;/p-1. The molecule has 3 nitrogen and oxygen atoms in total. The molecule has 3 aromatic rings. The van der Waals surface area contributed by atoms with Crippen molar-refractivity contribution in [2.24, 2.45) is 0 Å². The Kier molecular flexibility index (Phi) is 8.40. The van der Waals surface area contributed by atoms with Crippen LogP contribution in [0, 0.1) is 0 Å². The molecule has 29 heavy (non-hydrogen) atoms. The zero-order valence-corrected chi connectivity index (χ0v) is 19.1. The Hall–Kier alpha value is -1.73. The van der Waals surface area contributed by atoms with Crippen molar-refractivity contribution < 1.29 is 26.0 Å². The van der Waals surface area contributed by atoms with Crippen molar-refractivity contribution in [2.45, 2.75) is 0 Å². The summed E-state index contributed by atoms with van der Waals surface area (Å²) in [6, 6.07) is 31.2. The predicted octanol–water partition coefficient (Wildman–Crippen LogP) is 1.98. The summed E-state index contributed by atoms with van der Waals surface area (Å²) in [5.74, 6) is 0. The lowest BCUT2D eigenvalue weighted by molar-refractivity contribution is -0.00000872. The lowest BCUT2D eigenvalue weighted by Crippen LogP contribution is -3.00. The molecule has 0 amide bonds. The quantitative estimate of drug-likeness (QED) is 0.496. The van der Waals surface area contributed by atoms with Crippen molar-refractivity contribution in [1.29, 1.82) is 0 Å². The van der Waals surface area contributed by atoms with E-state index in [1.165, 1.54) is 30.1 Å². The molecule has 0 N–H and O–H groups in total. The minimum absolute atomic E-state index is 0. The maximum atomic E-state index is 13.1. The Morgan fingerprint density at radius 1 is 0.759 bits per heavy atom. The van der Waals surface area contributed by atoms with Crippen LogP contribution in [0.5, 0.6) is 0 Å². The van der Waals surface area contributed by atoms with Gasteiger partial charge in [0.15, 0.2) is 0 Å². The average molecular weight is 447 g/mol. The van der Waals surface area contributed by atoms with Crippen LogP contribution in [0.1, 0.15) is 0 Å². The van der Waals surface area contributed by atoms with Crippen molar-refractivity contribution in [3.05, 3.63) is 103 Å².